The quantitative estimate of drug-likeness (QED) is 0.647. The second-order valence-corrected chi connectivity index (χ2v) is 2.71. The van der Waals surface area contributed by atoms with Crippen LogP contribution in [-0.2, 0) is 0 Å². The fraction of sp³-hybridized carbons (Fsp3) is 0. The van der Waals surface area contributed by atoms with E-state index < -0.39 is 0 Å². The van der Waals surface area contributed by atoms with E-state index in [1.807, 2.05) is 48.8 Å². The summed E-state index contributed by atoms with van der Waals surface area (Å²) in [6.07, 6.45) is 5.50. The molecule has 64 valence electrons. The average molecular weight is 170 g/mol. The minimum atomic E-state index is 1.08. The summed E-state index contributed by atoms with van der Waals surface area (Å²) in [6, 6.07) is 11.8. The molecule has 0 radical (unpaired) electrons. The largest absolute Gasteiger partial charge is 0.361 e. The van der Waals surface area contributed by atoms with Crippen LogP contribution >= 0.6 is 0 Å². The molecular weight excluding hydrogens is 160 g/mol. The number of nitrogens with one attached hydrogen (secondary N) is 1. The summed E-state index contributed by atoms with van der Waals surface area (Å²) in [7, 11) is 0. The number of hydrogen-bond acceptors (Lipinski definition) is 1. The highest BCUT2D eigenvalue weighted by molar-refractivity contribution is 5.76. The zero-order chi connectivity index (χ0) is 8.93. The van der Waals surface area contributed by atoms with E-state index >= 15 is 0 Å². The first kappa shape index (κ1) is 7.80. The molecule has 13 heavy (non-hydrogen) atoms. The Kier molecular flexibility index (Phi) is 2.23. The molecule has 0 fully saturated rings. The number of aromatic nitrogens is 2. The molecular formula is C11H10N2. The van der Waals surface area contributed by atoms with Gasteiger partial charge in [-0.1, -0.05) is 18.2 Å². The van der Waals surface area contributed by atoms with Crippen LogP contribution in [-0.4, -0.2) is 9.97 Å². The lowest BCUT2D eigenvalue weighted by molar-refractivity contribution is 1.38. The van der Waals surface area contributed by atoms with Gasteiger partial charge in [0.1, 0.15) is 0 Å². The van der Waals surface area contributed by atoms with Crippen LogP contribution in [0.3, 0.4) is 0 Å². The van der Waals surface area contributed by atoms with E-state index in [4.69, 9.17) is 0 Å². The minimum Gasteiger partial charge on any atom is -0.361 e. The highest BCUT2D eigenvalue weighted by Gasteiger charge is 1.84. The van der Waals surface area contributed by atoms with Crippen molar-refractivity contribution >= 4 is 10.9 Å². The van der Waals surface area contributed by atoms with E-state index in [1.54, 1.807) is 6.20 Å². The molecule has 0 saturated heterocycles. The molecule has 0 aliphatic heterocycles. The predicted molar refractivity (Wildman–Crippen MR) is 53.7 cm³/mol. The Balaban J connectivity index is 2.82. The van der Waals surface area contributed by atoms with E-state index in [1.165, 1.54) is 0 Å². The number of H-pyrrole nitrogens is 1. The third-order valence-corrected chi connectivity index (χ3v) is 1.79. The van der Waals surface area contributed by atoms with Gasteiger partial charge in [0, 0.05) is 29.5 Å². The van der Waals surface area contributed by atoms with Crippen molar-refractivity contribution in [3.63, 3.8) is 0 Å². The molecule has 0 atom stereocenters. The van der Waals surface area contributed by atoms with Crippen LogP contribution in [0.2, 0.25) is 0 Å². The maximum Gasteiger partial charge on any atom is 0.0468 e. The fourth-order valence-electron chi connectivity index (χ4n) is 1.16. The molecule has 2 heteroatoms. The molecule has 2 rings (SSSR count). The Bertz CT molecular complexity index is 404. The number of hydrogen-bond donors (Lipinski definition) is 1. The van der Waals surface area contributed by atoms with Gasteiger partial charge in [0.15, 0.2) is 0 Å². The molecule has 0 aliphatic rings. The highest BCUT2D eigenvalue weighted by Crippen LogP contribution is 2.05. The molecule has 2 nitrogen and oxygen atoms in total. The van der Waals surface area contributed by atoms with Gasteiger partial charge >= 0.3 is 0 Å². The lowest BCUT2D eigenvalue weighted by Gasteiger charge is -1.89. The van der Waals surface area contributed by atoms with Crippen molar-refractivity contribution in [3.8, 4) is 0 Å². The van der Waals surface area contributed by atoms with Crippen LogP contribution in [0.5, 0.6) is 0 Å². The van der Waals surface area contributed by atoms with Crippen LogP contribution in [0.1, 0.15) is 0 Å². The molecule has 1 N–H and O–H groups in total. The summed E-state index contributed by atoms with van der Waals surface area (Å²) in [4.78, 5) is 7.32. The monoisotopic (exact) mass is 170 g/mol. The molecule has 1 aromatic carbocycles. The first-order valence-corrected chi connectivity index (χ1v) is 4.17. The summed E-state index contributed by atoms with van der Waals surface area (Å²) in [5.74, 6) is 0. The molecule has 0 aliphatic carbocycles. The number of nitrogens with zero attached hydrogens (tertiary/aromatic N) is 1. The second kappa shape index (κ2) is 3.72. The standard InChI is InChI=1S/C11H10N2/c1-2-6-11-10(5-1)9-12-7-3-4-8-13-11/h1-9,13H. The number of para-hydroxylation sites is 1. The number of aromatic amines is 1. The van der Waals surface area contributed by atoms with E-state index in [-0.39, 0.29) is 0 Å². The molecule has 1 heterocycles. The Labute approximate surface area is 76.6 Å². The van der Waals surface area contributed by atoms with Gasteiger partial charge in [-0.05, 0) is 18.2 Å². The van der Waals surface area contributed by atoms with Crippen LogP contribution < -0.4 is 0 Å². The van der Waals surface area contributed by atoms with Crippen LogP contribution in [0, 0.1) is 0 Å². The lowest BCUT2D eigenvalue weighted by atomic mass is 10.2. The first-order chi connectivity index (χ1) is 6.47. The van der Waals surface area contributed by atoms with Gasteiger partial charge in [-0.25, -0.2) is 0 Å². The Morgan fingerprint density at radius 3 is 2.92 bits per heavy atom. The van der Waals surface area contributed by atoms with Gasteiger partial charge in [-0.2, -0.15) is 0 Å². The Hall–Kier alpha value is -1.83. The van der Waals surface area contributed by atoms with E-state index in [2.05, 4.69) is 9.97 Å². The molecule has 1 aromatic heterocycles. The van der Waals surface area contributed by atoms with E-state index in [0.717, 1.165) is 10.9 Å². The topological polar surface area (TPSA) is 28.7 Å². The van der Waals surface area contributed by atoms with Gasteiger partial charge in [0.25, 0.3) is 0 Å². The third kappa shape index (κ3) is 1.85. The van der Waals surface area contributed by atoms with Crippen molar-refractivity contribution in [3.05, 3.63) is 55.0 Å². The van der Waals surface area contributed by atoms with Crippen molar-refractivity contribution < 1.29 is 0 Å². The maximum absolute atomic E-state index is 4.14. The average Bonchev–Trinajstić information content (AvgIpc) is 2.28. The van der Waals surface area contributed by atoms with Gasteiger partial charge in [-0.15, -0.1) is 0 Å². The molecule has 0 saturated carbocycles. The summed E-state index contributed by atoms with van der Waals surface area (Å²) in [5.41, 5.74) is 1.08. The van der Waals surface area contributed by atoms with Gasteiger partial charge in [-0.3, -0.25) is 4.98 Å². The fourth-order valence-corrected chi connectivity index (χ4v) is 1.16. The number of rotatable bonds is 0. The van der Waals surface area contributed by atoms with Crippen molar-refractivity contribution in [1.29, 1.82) is 0 Å². The van der Waals surface area contributed by atoms with E-state index in [9.17, 15) is 0 Å². The van der Waals surface area contributed by atoms with Crippen molar-refractivity contribution in [2.45, 2.75) is 0 Å². The number of benzene rings is 1. The van der Waals surface area contributed by atoms with Crippen LogP contribution in [0.15, 0.2) is 55.0 Å². The van der Waals surface area contributed by atoms with Crippen LogP contribution in [0.25, 0.3) is 10.9 Å². The van der Waals surface area contributed by atoms with E-state index in [0.29, 0.717) is 0 Å². The summed E-state index contributed by atoms with van der Waals surface area (Å²) >= 11 is 0. The molecule has 0 spiro atoms. The maximum atomic E-state index is 4.14. The Morgan fingerprint density at radius 1 is 1.00 bits per heavy atom. The SMILES string of the molecule is c1cc[nH]c2ccccc2cnc1. The number of fused-ring (bicyclic) bond motifs is 1. The lowest BCUT2D eigenvalue weighted by Crippen LogP contribution is -1.70. The van der Waals surface area contributed by atoms with Crippen molar-refractivity contribution in [2.24, 2.45) is 0 Å². The molecule has 0 bridgehead atoms. The third-order valence-electron chi connectivity index (χ3n) is 1.79. The predicted octanol–water partition coefficient (Wildman–Crippen LogP) is 2.69. The highest BCUT2D eigenvalue weighted by atomic mass is 14.7. The van der Waals surface area contributed by atoms with Crippen molar-refractivity contribution in [2.75, 3.05) is 0 Å². The summed E-state index contributed by atoms with van der Waals surface area (Å²) in [6.45, 7) is 0. The first-order valence-electron chi connectivity index (χ1n) is 4.17. The summed E-state index contributed by atoms with van der Waals surface area (Å²) in [5, 5.41) is 1.10. The van der Waals surface area contributed by atoms with Gasteiger partial charge in [0.2, 0.25) is 0 Å². The normalized spacial score (nSPS) is 9.54. The summed E-state index contributed by atoms with van der Waals surface area (Å²) < 4.78 is 0. The second-order valence-electron chi connectivity index (χ2n) is 2.71. The molecule has 0 amide bonds. The smallest absolute Gasteiger partial charge is 0.0468 e. The van der Waals surface area contributed by atoms with Gasteiger partial charge in [0.05, 0.1) is 0 Å². The van der Waals surface area contributed by atoms with Crippen LogP contribution in [0.4, 0.5) is 0 Å². The molecule has 2 aromatic rings. The zero-order valence-electron chi connectivity index (χ0n) is 7.14. The van der Waals surface area contributed by atoms with Crippen molar-refractivity contribution in [1.82, 2.24) is 9.97 Å². The Morgan fingerprint density at radius 2 is 1.92 bits per heavy atom. The minimum absolute atomic E-state index is 1.08. The zero-order valence-corrected chi connectivity index (χ0v) is 7.14. The van der Waals surface area contributed by atoms with Gasteiger partial charge < -0.3 is 4.98 Å². The molecule has 0 unspecified atom stereocenters.